The number of benzene rings is 2. The zero-order valence-corrected chi connectivity index (χ0v) is 10.9. The highest BCUT2D eigenvalue weighted by atomic mass is 32.2. The molecule has 20 heavy (non-hydrogen) atoms. The standard InChI is InChI=1S/C13H8FN3O2S/c14-8-5-9(17(18)19)7-10(6-8)20-13-15-11-3-1-2-4-12(11)16-13/h1-7H,(H,15,16). The lowest BCUT2D eigenvalue weighted by molar-refractivity contribution is -0.385. The summed E-state index contributed by atoms with van der Waals surface area (Å²) in [5.74, 6) is -0.641. The van der Waals surface area contributed by atoms with E-state index in [2.05, 4.69) is 9.97 Å². The van der Waals surface area contributed by atoms with Gasteiger partial charge in [-0.3, -0.25) is 10.1 Å². The van der Waals surface area contributed by atoms with Gasteiger partial charge in [0, 0.05) is 11.0 Å². The minimum Gasteiger partial charge on any atom is -0.333 e. The molecule has 0 radical (unpaired) electrons. The van der Waals surface area contributed by atoms with E-state index in [4.69, 9.17) is 0 Å². The molecule has 0 atom stereocenters. The average Bonchev–Trinajstić information content (AvgIpc) is 2.79. The Bertz CT molecular complexity index is 770. The summed E-state index contributed by atoms with van der Waals surface area (Å²) in [6.45, 7) is 0. The van der Waals surface area contributed by atoms with Crippen molar-refractivity contribution >= 4 is 28.5 Å². The number of rotatable bonds is 3. The molecule has 1 N–H and O–H groups in total. The van der Waals surface area contributed by atoms with Crippen molar-refractivity contribution in [3.8, 4) is 0 Å². The number of nitrogens with zero attached hydrogens (tertiary/aromatic N) is 2. The maximum Gasteiger partial charge on any atom is 0.273 e. The number of halogens is 1. The van der Waals surface area contributed by atoms with Gasteiger partial charge >= 0.3 is 0 Å². The van der Waals surface area contributed by atoms with Gasteiger partial charge < -0.3 is 4.98 Å². The van der Waals surface area contributed by atoms with E-state index in [0.717, 1.165) is 28.9 Å². The summed E-state index contributed by atoms with van der Waals surface area (Å²) in [6, 6.07) is 10.9. The first-order valence-corrected chi connectivity index (χ1v) is 6.51. The molecule has 0 saturated carbocycles. The molecule has 1 aromatic heterocycles. The first kappa shape index (κ1) is 12.6. The first-order valence-electron chi connectivity index (χ1n) is 5.69. The van der Waals surface area contributed by atoms with Crippen molar-refractivity contribution in [2.75, 3.05) is 0 Å². The van der Waals surface area contributed by atoms with Crippen LogP contribution in [0.15, 0.2) is 52.5 Å². The fourth-order valence-corrected chi connectivity index (χ4v) is 2.68. The zero-order valence-electron chi connectivity index (χ0n) is 10.0. The maximum absolute atomic E-state index is 13.3. The molecule has 0 aliphatic rings. The number of aromatic nitrogens is 2. The molecule has 3 aromatic rings. The highest BCUT2D eigenvalue weighted by Gasteiger charge is 2.12. The number of nitrogens with one attached hydrogen (secondary N) is 1. The Morgan fingerprint density at radius 2 is 2.05 bits per heavy atom. The lowest BCUT2D eigenvalue weighted by atomic mass is 10.3. The van der Waals surface area contributed by atoms with Gasteiger partial charge in [0.05, 0.1) is 22.0 Å². The smallest absolute Gasteiger partial charge is 0.273 e. The number of para-hydroxylation sites is 2. The molecule has 5 nitrogen and oxygen atoms in total. The molecule has 0 aliphatic carbocycles. The van der Waals surface area contributed by atoms with Crippen LogP contribution in [0, 0.1) is 15.9 Å². The van der Waals surface area contributed by atoms with E-state index in [1.54, 1.807) is 0 Å². The van der Waals surface area contributed by atoms with Crippen LogP contribution in [0.4, 0.5) is 10.1 Å². The second kappa shape index (κ2) is 4.93. The Kier molecular flexibility index (Phi) is 3.11. The molecule has 2 aromatic carbocycles. The highest BCUT2D eigenvalue weighted by Crippen LogP contribution is 2.30. The van der Waals surface area contributed by atoms with E-state index < -0.39 is 10.7 Å². The van der Waals surface area contributed by atoms with Crippen molar-refractivity contribution in [2.45, 2.75) is 10.1 Å². The van der Waals surface area contributed by atoms with Crippen molar-refractivity contribution in [3.63, 3.8) is 0 Å². The quantitative estimate of drug-likeness (QED) is 0.588. The van der Waals surface area contributed by atoms with Crippen LogP contribution in [0.2, 0.25) is 0 Å². The van der Waals surface area contributed by atoms with Crippen molar-refractivity contribution < 1.29 is 9.31 Å². The van der Waals surface area contributed by atoms with Crippen LogP contribution >= 0.6 is 11.8 Å². The SMILES string of the molecule is O=[N+]([O-])c1cc(F)cc(Sc2nc3ccccc3[nH]2)c1. The third-order valence-electron chi connectivity index (χ3n) is 2.65. The van der Waals surface area contributed by atoms with E-state index in [1.807, 2.05) is 24.3 Å². The van der Waals surface area contributed by atoms with Crippen LogP contribution in [-0.4, -0.2) is 14.9 Å². The van der Waals surface area contributed by atoms with Gasteiger partial charge in [0.25, 0.3) is 5.69 Å². The van der Waals surface area contributed by atoms with E-state index in [9.17, 15) is 14.5 Å². The molecule has 0 aliphatic heterocycles. The summed E-state index contributed by atoms with van der Waals surface area (Å²) in [4.78, 5) is 17.9. The van der Waals surface area contributed by atoms with E-state index >= 15 is 0 Å². The molecular weight excluding hydrogens is 281 g/mol. The van der Waals surface area contributed by atoms with Gasteiger partial charge in [-0.2, -0.15) is 0 Å². The number of non-ortho nitro benzene ring substituents is 1. The fourth-order valence-electron chi connectivity index (χ4n) is 1.80. The second-order valence-corrected chi connectivity index (χ2v) is 5.13. The number of fused-ring (bicyclic) bond motifs is 1. The summed E-state index contributed by atoms with van der Waals surface area (Å²) < 4.78 is 13.3. The van der Waals surface area contributed by atoms with Gasteiger partial charge in [-0.1, -0.05) is 23.9 Å². The van der Waals surface area contributed by atoms with Crippen LogP contribution in [0.1, 0.15) is 0 Å². The van der Waals surface area contributed by atoms with Gasteiger partial charge in [0.2, 0.25) is 0 Å². The molecule has 0 fully saturated rings. The Morgan fingerprint density at radius 3 is 2.80 bits per heavy atom. The van der Waals surface area contributed by atoms with Gasteiger partial charge in [-0.25, -0.2) is 9.37 Å². The van der Waals surface area contributed by atoms with Crippen molar-refractivity contribution in [1.82, 2.24) is 9.97 Å². The molecule has 0 saturated heterocycles. The van der Waals surface area contributed by atoms with Gasteiger partial charge in [0.1, 0.15) is 5.82 Å². The summed E-state index contributed by atoms with van der Waals surface area (Å²) in [5, 5.41) is 11.3. The predicted molar refractivity (Wildman–Crippen MR) is 73.3 cm³/mol. The predicted octanol–water partition coefficient (Wildman–Crippen LogP) is 3.76. The van der Waals surface area contributed by atoms with Crippen LogP contribution in [0.5, 0.6) is 0 Å². The number of aromatic amines is 1. The Balaban J connectivity index is 1.96. The molecular formula is C13H8FN3O2S. The normalized spacial score (nSPS) is 10.8. The molecule has 7 heteroatoms. The van der Waals surface area contributed by atoms with Crippen molar-refractivity contribution in [1.29, 1.82) is 0 Å². The molecule has 100 valence electrons. The lowest BCUT2D eigenvalue weighted by Gasteiger charge is -1.99. The molecule has 0 bridgehead atoms. The molecule has 1 heterocycles. The van der Waals surface area contributed by atoms with E-state index in [0.29, 0.717) is 10.1 Å². The van der Waals surface area contributed by atoms with Crippen LogP contribution in [-0.2, 0) is 0 Å². The third kappa shape index (κ3) is 2.48. The Morgan fingerprint density at radius 1 is 1.25 bits per heavy atom. The number of nitro groups is 1. The topological polar surface area (TPSA) is 71.8 Å². The zero-order chi connectivity index (χ0) is 14.1. The summed E-state index contributed by atoms with van der Waals surface area (Å²) in [5.41, 5.74) is 1.38. The number of H-pyrrole nitrogens is 1. The summed E-state index contributed by atoms with van der Waals surface area (Å²) >= 11 is 1.15. The minimum absolute atomic E-state index is 0.274. The van der Waals surface area contributed by atoms with Crippen molar-refractivity contribution in [3.05, 3.63) is 58.4 Å². The lowest BCUT2D eigenvalue weighted by Crippen LogP contribution is -1.90. The minimum atomic E-state index is -0.641. The highest BCUT2D eigenvalue weighted by molar-refractivity contribution is 7.99. The maximum atomic E-state index is 13.3. The number of hydrogen-bond acceptors (Lipinski definition) is 4. The van der Waals surface area contributed by atoms with Gasteiger partial charge in [-0.05, 0) is 18.2 Å². The molecule has 0 spiro atoms. The first-order chi connectivity index (χ1) is 9.61. The Labute approximate surface area is 117 Å². The summed E-state index contributed by atoms with van der Waals surface area (Å²) in [6.07, 6.45) is 0. The van der Waals surface area contributed by atoms with Crippen LogP contribution in [0.25, 0.3) is 11.0 Å². The number of imidazole rings is 1. The van der Waals surface area contributed by atoms with E-state index in [1.165, 1.54) is 12.1 Å². The van der Waals surface area contributed by atoms with Crippen LogP contribution in [0.3, 0.4) is 0 Å². The van der Waals surface area contributed by atoms with Gasteiger partial charge in [0.15, 0.2) is 5.16 Å². The monoisotopic (exact) mass is 289 g/mol. The fraction of sp³-hybridized carbons (Fsp3) is 0. The van der Waals surface area contributed by atoms with Gasteiger partial charge in [-0.15, -0.1) is 0 Å². The summed E-state index contributed by atoms with van der Waals surface area (Å²) in [7, 11) is 0. The van der Waals surface area contributed by atoms with Crippen molar-refractivity contribution in [2.24, 2.45) is 0 Å². The largest absolute Gasteiger partial charge is 0.333 e. The molecule has 0 unspecified atom stereocenters. The molecule has 0 amide bonds. The second-order valence-electron chi connectivity index (χ2n) is 4.06. The number of nitro benzene ring substituents is 1. The van der Waals surface area contributed by atoms with E-state index in [-0.39, 0.29) is 5.69 Å². The van der Waals surface area contributed by atoms with Crippen LogP contribution < -0.4 is 0 Å². The average molecular weight is 289 g/mol. The molecule has 3 rings (SSSR count). The third-order valence-corrected chi connectivity index (χ3v) is 3.51. The Hall–Kier alpha value is -2.41. The number of hydrogen-bond donors (Lipinski definition) is 1.